The Kier molecular flexibility index (Phi) is 5.46. The van der Waals surface area contributed by atoms with E-state index in [9.17, 15) is 5.11 Å². The number of rotatable bonds is 5. The molecule has 0 aromatic carbocycles. The lowest BCUT2D eigenvalue weighted by Gasteiger charge is -2.36. The van der Waals surface area contributed by atoms with Gasteiger partial charge in [-0.3, -0.25) is 0 Å². The monoisotopic (exact) mass is 254 g/mol. The summed E-state index contributed by atoms with van der Waals surface area (Å²) < 4.78 is 0. The van der Waals surface area contributed by atoms with Crippen LogP contribution in [0.2, 0.25) is 0 Å². The summed E-state index contributed by atoms with van der Waals surface area (Å²) in [6.45, 7) is 6.05. The van der Waals surface area contributed by atoms with Crippen LogP contribution in [-0.2, 0) is 0 Å². The van der Waals surface area contributed by atoms with Crippen molar-refractivity contribution in [3.8, 4) is 0 Å². The van der Waals surface area contributed by atoms with Crippen molar-refractivity contribution in [1.82, 2.24) is 4.90 Å². The first-order chi connectivity index (χ1) is 8.72. The van der Waals surface area contributed by atoms with E-state index in [0.29, 0.717) is 24.5 Å². The van der Waals surface area contributed by atoms with Gasteiger partial charge < -0.3 is 15.7 Å². The first-order valence-corrected chi connectivity index (χ1v) is 7.81. The van der Waals surface area contributed by atoms with Crippen LogP contribution in [0.15, 0.2) is 0 Å². The fraction of sp³-hybridized carbons (Fsp3) is 1.00. The molecule has 1 saturated carbocycles. The molecule has 3 N–H and O–H groups in total. The summed E-state index contributed by atoms with van der Waals surface area (Å²) >= 11 is 0. The average molecular weight is 254 g/mol. The Morgan fingerprint density at radius 1 is 1.22 bits per heavy atom. The van der Waals surface area contributed by atoms with E-state index >= 15 is 0 Å². The standard InChI is InChI=1S/C15H30N2O/c1-2-3-12-4-5-15(16)14(8-12)10-17-7-6-13(9-17)11-18/h12-15,18H,2-11,16H2,1H3. The van der Waals surface area contributed by atoms with Gasteiger partial charge in [0.1, 0.15) is 0 Å². The number of nitrogens with two attached hydrogens (primary N) is 1. The summed E-state index contributed by atoms with van der Waals surface area (Å²) in [7, 11) is 0. The van der Waals surface area contributed by atoms with Crippen molar-refractivity contribution < 1.29 is 5.11 Å². The van der Waals surface area contributed by atoms with E-state index in [2.05, 4.69) is 11.8 Å². The molecule has 2 rings (SSSR count). The maximum absolute atomic E-state index is 9.20. The molecule has 18 heavy (non-hydrogen) atoms. The second-order valence-corrected chi connectivity index (χ2v) is 6.49. The third-order valence-corrected chi connectivity index (χ3v) is 4.97. The van der Waals surface area contributed by atoms with E-state index in [1.165, 1.54) is 32.1 Å². The number of likely N-dealkylation sites (tertiary alicyclic amines) is 1. The van der Waals surface area contributed by atoms with Crippen LogP contribution in [0.4, 0.5) is 0 Å². The highest BCUT2D eigenvalue weighted by Crippen LogP contribution is 2.32. The van der Waals surface area contributed by atoms with Gasteiger partial charge >= 0.3 is 0 Å². The van der Waals surface area contributed by atoms with Crippen molar-refractivity contribution in [2.24, 2.45) is 23.5 Å². The fourth-order valence-corrected chi connectivity index (χ4v) is 3.82. The lowest BCUT2D eigenvalue weighted by Crippen LogP contribution is -2.42. The summed E-state index contributed by atoms with van der Waals surface area (Å²) in [6, 6.07) is 0.409. The van der Waals surface area contributed by atoms with Crippen molar-refractivity contribution in [1.29, 1.82) is 0 Å². The molecule has 1 aliphatic heterocycles. The van der Waals surface area contributed by atoms with Gasteiger partial charge in [-0.25, -0.2) is 0 Å². The van der Waals surface area contributed by atoms with Crippen molar-refractivity contribution in [2.45, 2.75) is 51.5 Å². The molecule has 4 atom stereocenters. The molecule has 0 radical (unpaired) electrons. The largest absolute Gasteiger partial charge is 0.396 e. The van der Waals surface area contributed by atoms with Crippen LogP contribution in [0.3, 0.4) is 0 Å². The second-order valence-electron chi connectivity index (χ2n) is 6.49. The van der Waals surface area contributed by atoms with Crippen LogP contribution in [0.1, 0.15) is 45.4 Å². The van der Waals surface area contributed by atoms with Gasteiger partial charge in [0, 0.05) is 25.7 Å². The average Bonchev–Trinajstić information content (AvgIpc) is 2.81. The molecule has 4 unspecified atom stereocenters. The Morgan fingerprint density at radius 3 is 2.72 bits per heavy atom. The van der Waals surface area contributed by atoms with Crippen LogP contribution in [-0.4, -0.2) is 42.3 Å². The summed E-state index contributed by atoms with van der Waals surface area (Å²) in [5, 5.41) is 9.20. The van der Waals surface area contributed by atoms with E-state index in [4.69, 9.17) is 5.73 Å². The zero-order chi connectivity index (χ0) is 13.0. The molecule has 1 saturated heterocycles. The normalized spacial score (nSPS) is 38.2. The Labute approximate surface area is 112 Å². The molecule has 3 heteroatoms. The fourth-order valence-electron chi connectivity index (χ4n) is 3.82. The van der Waals surface area contributed by atoms with E-state index in [-0.39, 0.29) is 0 Å². The minimum absolute atomic E-state index is 0.353. The second kappa shape index (κ2) is 6.88. The Hall–Kier alpha value is -0.120. The van der Waals surface area contributed by atoms with E-state index < -0.39 is 0 Å². The number of nitrogens with zero attached hydrogens (tertiary/aromatic N) is 1. The van der Waals surface area contributed by atoms with Gasteiger partial charge in [-0.05, 0) is 50.0 Å². The topological polar surface area (TPSA) is 49.5 Å². The lowest BCUT2D eigenvalue weighted by molar-refractivity contribution is 0.159. The Morgan fingerprint density at radius 2 is 2.06 bits per heavy atom. The molecule has 106 valence electrons. The predicted octanol–water partition coefficient (Wildman–Crippen LogP) is 1.84. The predicted molar refractivity (Wildman–Crippen MR) is 75.3 cm³/mol. The maximum Gasteiger partial charge on any atom is 0.0471 e. The molecular weight excluding hydrogens is 224 g/mol. The van der Waals surface area contributed by atoms with E-state index in [1.54, 1.807) is 0 Å². The molecule has 2 aliphatic rings. The minimum Gasteiger partial charge on any atom is -0.396 e. The van der Waals surface area contributed by atoms with Crippen LogP contribution < -0.4 is 5.73 Å². The highest BCUT2D eigenvalue weighted by Gasteiger charge is 2.31. The Bertz CT molecular complexity index is 247. The quantitative estimate of drug-likeness (QED) is 0.787. The van der Waals surface area contributed by atoms with Crippen molar-refractivity contribution in [3.05, 3.63) is 0 Å². The van der Waals surface area contributed by atoms with Gasteiger partial charge in [-0.1, -0.05) is 19.8 Å². The van der Waals surface area contributed by atoms with Crippen LogP contribution in [0.25, 0.3) is 0 Å². The molecule has 0 aromatic heterocycles. The van der Waals surface area contributed by atoms with Crippen molar-refractivity contribution in [2.75, 3.05) is 26.2 Å². The molecule has 3 nitrogen and oxygen atoms in total. The number of aliphatic hydroxyl groups excluding tert-OH is 1. The Balaban J connectivity index is 1.79. The van der Waals surface area contributed by atoms with Gasteiger partial charge in [0.2, 0.25) is 0 Å². The summed E-state index contributed by atoms with van der Waals surface area (Å²) in [5.74, 6) is 2.11. The van der Waals surface area contributed by atoms with Crippen LogP contribution in [0, 0.1) is 17.8 Å². The zero-order valence-corrected chi connectivity index (χ0v) is 11.9. The molecular formula is C15H30N2O. The maximum atomic E-state index is 9.20. The van der Waals surface area contributed by atoms with Gasteiger partial charge in [0.25, 0.3) is 0 Å². The summed E-state index contributed by atoms with van der Waals surface area (Å²) in [6.07, 6.45) is 7.73. The molecule has 1 heterocycles. The van der Waals surface area contributed by atoms with Crippen molar-refractivity contribution in [3.63, 3.8) is 0 Å². The van der Waals surface area contributed by atoms with Crippen LogP contribution >= 0.6 is 0 Å². The highest BCUT2D eigenvalue weighted by atomic mass is 16.3. The molecule has 1 aliphatic carbocycles. The number of aliphatic hydroxyl groups is 1. The van der Waals surface area contributed by atoms with Gasteiger partial charge in [0.15, 0.2) is 0 Å². The van der Waals surface area contributed by atoms with Crippen molar-refractivity contribution >= 4 is 0 Å². The lowest BCUT2D eigenvalue weighted by atomic mass is 9.76. The molecule has 0 bridgehead atoms. The smallest absolute Gasteiger partial charge is 0.0471 e. The van der Waals surface area contributed by atoms with E-state index in [1.807, 2.05) is 0 Å². The number of hydrogen-bond donors (Lipinski definition) is 2. The third-order valence-electron chi connectivity index (χ3n) is 4.97. The molecule has 0 amide bonds. The molecule has 2 fully saturated rings. The first kappa shape index (κ1) is 14.3. The third kappa shape index (κ3) is 3.69. The van der Waals surface area contributed by atoms with Gasteiger partial charge in [-0.15, -0.1) is 0 Å². The highest BCUT2D eigenvalue weighted by molar-refractivity contribution is 4.86. The minimum atomic E-state index is 0.353. The first-order valence-electron chi connectivity index (χ1n) is 7.81. The summed E-state index contributed by atoms with van der Waals surface area (Å²) in [5.41, 5.74) is 6.31. The van der Waals surface area contributed by atoms with Gasteiger partial charge in [-0.2, -0.15) is 0 Å². The van der Waals surface area contributed by atoms with Gasteiger partial charge in [0.05, 0.1) is 0 Å². The number of hydrogen-bond acceptors (Lipinski definition) is 3. The molecule has 0 spiro atoms. The van der Waals surface area contributed by atoms with E-state index in [0.717, 1.165) is 32.0 Å². The molecule has 0 aromatic rings. The summed E-state index contributed by atoms with van der Waals surface area (Å²) in [4.78, 5) is 2.53. The SMILES string of the molecule is CCCC1CCC(N)C(CN2CCC(CO)C2)C1. The van der Waals surface area contributed by atoms with Crippen LogP contribution in [0.5, 0.6) is 0 Å². The zero-order valence-electron chi connectivity index (χ0n) is 11.9.